The number of amides is 1. The fourth-order valence-electron chi connectivity index (χ4n) is 4.01. The van der Waals surface area contributed by atoms with E-state index in [1.807, 2.05) is 11.1 Å². The molecular formula is C22H26F3N3O3. The van der Waals surface area contributed by atoms with Gasteiger partial charge in [0.1, 0.15) is 5.82 Å². The zero-order valence-corrected chi connectivity index (χ0v) is 17.5. The summed E-state index contributed by atoms with van der Waals surface area (Å²) in [7, 11) is 0. The van der Waals surface area contributed by atoms with Crippen LogP contribution in [-0.4, -0.2) is 50.6 Å². The molecule has 4 rings (SSSR count). The van der Waals surface area contributed by atoms with Gasteiger partial charge in [-0.15, -0.1) is 0 Å². The number of benzene rings is 1. The Balaban J connectivity index is 0.000000339. The molecule has 0 bridgehead atoms. The SMILES string of the molecule is CC(C)N1CC(c2ncc(-c3ccc4c(c3)CCCC4)[nH]2)CC1=O.O=C(O)C(F)(F)F. The highest BCUT2D eigenvalue weighted by Crippen LogP contribution is 2.31. The summed E-state index contributed by atoms with van der Waals surface area (Å²) in [6.45, 7) is 4.91. The van der Waals surface area contributed by atoms with E-state index in [9.17, 15) is 18.0 Å². The highest BCUT2D eigenvalue weighted by Gasteiger charge is 2.38. The Morgan fingerprint density at radius 3 is 2.45 bits per heavy atom. The van der Waals surface area contributed by atoms with Gasteiger partial charge in [-0.25, -0.2) is 9.78 Å². The number of nitrogens with zero attached hydrogens (tertiary/aromatic N) is 2. The van der Waals surface area contributed by atoms with Crippen molar-refractivity contribution in [1.82, 2.24) is 14.9 Å². The molecule has 2 aromatic rings. The number of hydrogen-bond donors (Lipinski definition) is 2. The van der Waals surface area contributed by atoms with Gasteiger partial charge in [-0.2, -0.15) is 13.2 Å². The number of rotatable bonds is 3. The number of carbonyl (C=O) groups is 2. The van der Waals surface area contributed by atoms with Gasteiger partial charge in [0.15, 0.2) is 0 Å². The second-order valence-corrected chi connectivity index (χ2v) is 8.22. The first-order chi connectivity index (χ1) is 14.6. The number of halogens is 3. The van der Waals surface area contributed by atoms with Gasteiger partial charge in [-0.1, -0.05) is 12.1 Å². The molecule has 2 N–H and O–H groups in total. The molecule has 1 fully saturated rings. The smallest absolute Gasteiger partial charge is 0.475 e. The van der Waals surface area contributed by atoms with E-state index in [2.05, 4.69) is 42.0 Å². The van der Waals surface area contributed by atoms with Crippen LogP contribution in [0.15, 0.2) is 24.4 Å². The van der Waals surface area contributed by atoms with Crippen LogP contribution in [0.3, 0.4) is 0 Å². The fraction of sp³-hybridized carbons (Fsp3) is 0.500. The number of carbonyl (C=O) groups excluding carboxylic acids is 1. The fourth-order valence-corrected chi connectivity index (χ4v) is 4.01. The van der Waals surface area contributed by atoms with Gasteiger partial charge in [-0.3, -0.25) is 4.79 Å². The second kappa shape index (κ2) is 9.11. The lowest BCUT2D eigenvalue weighted by molar-refractivity contribution is -0.192. The topological polar surface area (TPSA) is 86.3 Å². The number of nitrogens with one attached hydrogen (secondary N) is 1. The average molecular weight is 437 g/mol. The van der Waals surface area contributed by atoms with Crippen LogP contribution in [0.5, 0.6) is 0 Å². The predicted octanol–water partition coefficient (Wildman–Crippen LogP) is 4.31. The lowest BCUT2D eigenvalue weighted by atomic mass is 9.90. The van der Waals surface area contributed by atoms with Gasteiger partial charge in [0, 0.05) is 24.9 Å². The molecule has 6 nitrogen and oxygen atoms in total. The molecule has 1 saturated heterocycles. The molecule has 1 aliphatic heterocycles. The van der Waals surface area contributed by atoms with E-state index in [1.165, 1.54) is 42.4 Å². The number of likely N-dealkylation sites (tertiary alicyclic amines) is 1. The van der Waals surface area contributed by atoms with Crippen LogP contribution in [0.25, 0.3) is 11.3 Å². The number of aromatic amines is 1. The van der Waals surface area contributed by atoms with E-state index in [0.717, 1.165) is 18.1 Å². The van der Waals surface area contributed by atoms with E-state index in [1.54, 1.807) is 0 Å². The first kappa shape index (κ1) is 22.8. The number of alkyl halides is 3. The Hall–Kier alpha value is -2.84. The quantitative estimate of drug-likeness (QED) is 0.749. The second-order valence-electron chi connectivity index (χ2n) is 8.22. The number of hydrogen-bond acceptors (Lipinski definition) is 3. The van der Waals surface area contributed by atoms with Crippen molar-refractivity contribution in [2.75, 3.05) is 6.54 Å². The number of aliphatic carboxylic acids is 1. The van der Waals surface area contributed by atoms with Crippen molar-refractivity contribution < 1.29 is 27.9 Å². The van der Waals surface area contributed by atoms with Gasteiger partial charge in [-0.05, 0) is 62.3 Å². The number of aryl methyl sites for hydroxylation is 2. The van der Waals surface area contributed by atoms with Crippen molar-refractivity contribution in [1.29, 1.82) is 0 Å². The minimum absolute atomic E-state index is 0.186. The summed E-state index contributed by atoms with van der Waals surface area (Å²) in [6.07, 6.45) is 2.39. The normalized spacial score (nSPS) is 18.6. The highest BCUT2D eigenvalue weighted by atomic mass is 19.4. The van der Waals surface area contributed by atoms with Crippen molar-refractivity contribution in [3.8, 4) is 11.3 Å². The minimum Gasteiger partial charge on any atom is -0.475 e. The van der Waals surface area contributed by atoms with Crippen LogP contribution in [0.1, 0.15) is 56.0 Å². The molecule has 1 aromatic heterocycles. The number of aromatic nitrogens is 2. The number of carboxylic acid groups (broad SMARTS) is 1. The molecule has 1 amide bonds. The van der Waals surface area contributed by atoms with Gasteiger partial charge in [0.25, 0.3) is 0 Å². The summed E-state index contributed by atoms with van der Waals surface area (Å²) in [4.78, 5) is 31.0. The van der Waals surface area contributed by atoms with Crippen molar-refractivity contribution >= 4 is 11.9 Å². The third-order valence-corrected chi connectivity index (χ3v) is 5.67. The summed E-state index contributed by atoms with van der Waals surface area (Å²) in [5, 5.41) is 7.12. The van der Waals surface area contributed by atoms with Crippen LogP contribution in [0.4, 0.5) is 13.2 Å². The van der Waals surface area contributed by atoms with Crippen molar-refractivity contribution in [2.24, 2.45) is 0 Å². The Kier molecular flexibility index (Phi) is 6.71. The predicted molar refractivity (Wildman–Crippen MR) is 109 cm³/mol. The first-order valence-corrected chi connectivity index (χ1v) is 10.3. The molecule has 2 heterocycles. The van der Waals surface area contributed by atoms with Crippen LogP contribution in [0, 0.1) is 0 Å². The highest BCUT2D eigenvalue weighted by molar-refractivity contribution is 5.80. The third-order valence-electron chi connectivity index (χ3n) is 5.67. The lowest BCUT2D eigenvalue weighted by Gasteiger charge is -2.20. The van der Waals surface area contributed by atoms with E-state index in [4.69, 9.17) is 9.90 Å². The Bertz CT molecular complexity index is 953. The molecule has 1 unspecified atom stereocenters. The summed E-state index contributed by atoms with van der Waals surface area (Å²) < 4.78 is 31.7. The van der Waals surface area contributed by atoms with E-state index >= 15 is 0 Å². The van der Waals surface area contributed by atoms with Crippen molar-refractivity contribution in [3.63, 3.8) is 0 Å². The zero-order valence-electron chi connectivity index (χ0n) is 17.5. The molecule has 0 spiro atoms. The van der Waals surface area contributed by atoms with Crippen LogP contribution >= 0.6 is 0 Å². The molecule has 2 aliphatic rings. The number of carboxylic acids is 1. The summed E-state index contributed by atoms with van der Waals surface area (Å²) in [5.41, 5.74) is 5.25. The average Bonchev–Trinajstić information content (AvgIpc) is 3.34. The molecule has 1 aromatic carbocycles. The number of H-pyrrole nitrogens is 1. The molecule has 9 heteroatoms. The van der Waals surface area contributed by atoms with Crippen LogP contribution in [-0.2, 0) is 22.4 Å². The maximum Gasteiger partial charge on any atom is 0.490 e. The largest absolute Gasteiger partial charge is 0.490 e. The summed E-state index contributed by atoms with van der Waals surface area (Å²) >= 11 is 0. The monoisotopic (exact) mass is 437 g/mol. The maximum absolute atomic E-state index is 12.1. The molecule has 168 valence electrons. The molecule has 31 heavy (non-hydrogen) atoms. The minimum atomic E-state index is -5.08. The van der Waals surface area contributed by atoms with Crippen LogP contribution < -0.4 is 0 Å². The molecule has 1 aliphatic carbocycles. The molecular weight excluding hydrogens is 411 g/mol. The van der Waals surface area contributed by atoms with E-state index < -0.39 is 12.1 Å². The molecule has 0 radical (unpaired) electrons. The van der Waals surface area contributed by atoms with Gasteiger partial charge >= 0.3 is 12.1 Å². The van der Waals surface area contributed by atoms with Crippen LogP contribution in [0.2, 0.25) is 0 Å². The lowest BCUT2D eigenvalue weighted by Crippen LogP contribution is -2.31. The van der Waals surface area contributed by atoms with Gasteiger partial charge in [0.05, 0.1) is 11.9 Å². The Labute approximate surface area is 178 Å². The Morgan fingerprint density at radius 1 is 1.23 bits per heavy atom. The first-order valence-electron chi connectivity index (χ1n) is 10.3. The Morgan fingerprint density at radius 2 is 1.87 bits per heavy atom. The van der Waals surface area contributed by atoms with Gasteiger partial charge in [0.2, 0.25) is 5.91 Å². The van der Waals surface area contributed by atoms with Crippen molar-refractivity contribution in [2.45, 2.75) is 64.1 Å². The number of imidazole rings is 1. The number of fused-ring (bicyclic) bond motifs is 1. The van der Waals surface area contributed by atoms with Crippen molar-refractivity contribution in [3.05, 3.63) is 41.3 Å². The maximum atomic E-state index is 12.1. The van der Waals surface area contributed by atoms with E-state index in [-0.39, 0.29) is 17.9 Å². The van der Waals surface area contributed by atoms with Gasteiger partial charge < -0.3 is 15.0 Å². The summed E-state index contributed by atoms with van der Waals surface area (Å²) in [6, 6.07) is 7.04. The third kappa shape index (κ3) is 5.45. The molecule has 0 saturated carbocycles. The zero-order chi connectivity index (χ0) is 22.8. The molecule has 1 atom stereocenters. The summed E-state index contributed by atoms with van der Waals surface area (Å²) in [5.74, 6) is -1.39. The van der Waals surface area contributed by atoms with E-state index in [0.29, 0.717) is 6.42 Å². The standard InChI is InChI=1S/C20H25N3O.C2HF3O2/c1-13(2)23-12-17(10-19(23)24)20-21-11-18(22-20)16-8-7-14-5-3-4-6-15(14)9-16;3-2(4,5)1(6)7/h7-9,11,13,17H,3-6,10,12H2,1-2H3,(H,21,22);(H,6,7).